The number of Topliss-reactive ketones (excluding diaryl/α,β-unsaturated/α-hetero) is 1. The largest absolute Gasteiger partial charge is 0.322 e. The molecule has 1 N–H and O–H groups in total. The molecule has 4 aromatic rings. The molecule has 0 aliphatic rings. The van der Waals surface area contributed by atoms with Crippen LogP contribution in [-0.4, -0.2) is 22.4 Å². The number of pyridine rings is 1. The lowest BCUT2D eigenvalue weighted by atomic mass is 9.94. The minimum Gasteiger partial charge on any atom is -0.322 e. The fourth-order valence-corrected chi connectivity index (χ4v) is 4.68. The zero-order valence-corrected chi connectivity index (χ0v) is 20.4. The van der Waals surface area contributed by atoms with Crippen molar-refractivity contribution in [2.45, 2.75) is 11.9 Å². The summed E-state index contributed by atoms with van der Waals surface area (Å²) in [6.45, 7) is 1.73. The number of para-hydroxylation sites is 1. The number of benzene rings is 3. The van der Waals surface area contributed by atoms with E-state index in [2.05, 4.69) is 16.4 Å². The van der Waals surface area contributed by atoms with Crippen LogP contribution in [0.15, 0.2) is 90.0 Å². The van der Waals surface area contributed by atoms with Gasteiger partial charge in [-0.2, -0.15) is 5.26 Å². The highest BCUT2D eigenvalue weighted by Gasteiger charge is 2.25. The van der Waals surface area contributed by atoms with Gasteiger partial charge in [-0.3, -0.25) is 9.59 Å². The number of anilines is 1. The van der Waals surface area contributed by atoms with E-state index in [0.717, 1.165) is 0 Å². The summed E-state index contributed by atoms with van der Waals surface area (Å²) in [6, 6.07) is 27.2. The highest BCUT2D eigenvalue weighted by Crippen LogP contribution is 2.36. The number of nitrogens with one attached hydrogen (secondary N) is 1. The van der Waals surface area contributed by atoms with E-state index in [9.17, 15) is 14.9 Å². The highest BCUT2D eigenvalue weighted by atomic mass is 35.5. The summed E-state index contributed by atoms with van der Waals surface area (Å²) < 4.78 is 0. The van der Waals surface area contributed by atoms with Crippen LogP contribution >= 0.6 is 23.4 Å². The van der Waals surface area contributed by atoms with Crippen molar-refractivity contribution in [3.63, 3.8) is 0 Å². The minimum absolute atomic E-state index is 0.0714. The van der Waals surface area contributed by atoms with Crippen molar-refractivity contribution >= 4 is 40.7 Å². The fraction of sp³-hybridized carbons (Fsp3) is 0.0714. The number of hydrogen-bond donors (Lipinski definition) is 1. The molecule has 0 bridgehead atoms. The van der Waals surface area contributed by atoms with Crippen molar-refractivity contribution in [1.82, 2.24) is 4.98 Å². The molecular weight excluding hydrogens is 478 g/mol. The van der Waals surface area contributed by atoms with Gasteiger partial charge in [-0.15, -0.1) is 0 Å². The number of carbonyl (C=O) groups excluding carboxylic acids is 2. The molecule has 5 nitrogen and oxygen atoms in total. The Morgan fingerprint density at radius 2 is 1.60 bits per heavy atom. The number of hydrogen-bond acceptors (Lipinski definition) is 5. The van der Waals surface area contributed by atoms with Crippen molar-refractivity contribution in [3.05, 3.63) is 112 Å². The third-order valence-corrected chi connectivity index (χ3v) is 6.51. The Balaban J connectivity index is 1.78. The first-order valence-corrected chi connectivity index (χ1v) is 12.1. The normalized spacial score (nSPS) is 10.4. The van der Waals surface area contributed by atoms with Gasteiger partial charge < -0.3 is 5.32 Å². The van der Waals surface area contributed by atoms with E-state index in [0.29, 0.717) is 43.7 Å². The van der Waals surface area contributed by atoms with Crippen LogP contribution in [0.2, 0.25) is 5.02 Å². The lowest BCUT2D eigenvalue weighted by Crippen LogP contribution is -2.17. The van der Waals surface area contributed by atoms with Crippen LogP contribution in [-0.2, 0) is 0 Å². The summed E-state index contributed by atoms with van der Waals surface area (Å²) in [5.41, 5.74) is 3.33. The molecule has 7 heteroatoms. The first kappa shape index (κ1) is 24.2. The van der Waals surface area contributed by atoms with Crippen molar-refractivity contribution in [1.29, 1.82) is 5.26 Å². The molecule has 35 heavy (non-hydrogen) atoms. The maximum atomic E-state index is 13.4. The van der Waals surface area contributed by atoms with Crippen LogP contribution in [0.1, 0.15) is 32.0 Å². The smallest absolute Gasteiger partial charge is 0.258 e. The topological polar surface area (TPSA) is 82.8 Å². The highest BCUT2D eigenvalue weighted by molar-refractivity contribution is 8.00. The van der Waals surface area contributed by atoms with Gasteiger partial charge in [0.1, 0.15) is 11.1 Å². The summed E-state index contributed by atoms with van der Waals surface area (Å²) in [7, 11) is 0. The summed E-state index contributed by atoms with van der Waals surface area (Å²) in [6.07, 6.45) is 0. The van der Waals surface area contributed by atoms with Crippen molar-refractivity contribution in [2.24, 2.45) is 0 Å². The average molecular weight is 498 g/mol. The summed E-state index contributed by atoms with van der Waals surface area (Å²) in [5, 5.41) is 14.0. The predicted octanol–water partition coefficient (Wildman–Crippen LogP) is 6.81. The second kappa shape index (κ2) is 11.0. The average Bonchev–Trinajstić information content (AvgIpc) is 2.88. The van der Waals surface area contributed by atoms with Crippen molar-refractivity contribution in [3.8, 4) is 17.2 Å². The van der Waals surface area contributed by atoms with Gasteiger partial charge in [0, 0.05) is 21.8 Å². The number of aromatic nitrogens is 1. The van der Waals surface area contributed by atoms with Gasteiger partial charge in [0.2, 0.25) is 0 Å². The maximum Gasteiger partial charge on any atom is 0.258 e. The Morgan fingerprint density at radius 1 is 0.971 bits per heavy atom. The Morgan fingerprint density at radius 3 is 2.23 bits per heavy atom. The SMILES string of the molecule is Cc1nc(SCC(=O)c2ccccc2)c(C#N)c(-c2ccc(Cl)cc2)c1C(=O)Nc1ccccc1. The van der Waals surface area contributed by atoms with E-state index < -0.39 is 0 Å². The van der Waals surface area contributed by atoms with Crippen LogP contribution in [0.25, 0.3) is 11.1 Å². The Labute approximate surface area is 212 Å². The van der Waals surface area contributed by atoms with E-state index in [1.54, 1.807) is 67.6 Å². The van der Waals surface area contributed by atoms with Crippen molar-refractivity contribution < 1.29 is 9.59 Å². The summed E-state index contributed by atoms with van der Waals surface area (Å²) >= 11 is 7.27. The van der Waals surface area contributed by atoms with E-state index in [4.69, 9.17) is 11.6 Å². The quantitative estimate of drug-likeness (QED) is 0.224. The zero-order chi connectivity index (χ0) is 24.8. The van der Waals surface area contributed by atoms with Crippen LogP contribution in [0.3, 0.4) is 0 Å². The number of aryl methyl sites for hydroxylation is 1. The van der Waals surface area contributed by atoms with Gasteiger partial charge >= 0.3 is 0 Å². The molecular formula is C28H20ClN3O2S. The molecule has 0 unspecified atom stereocenters. The third kappa shape index (κ3) is 5.60. The van der Waals surface area contributed by atoms with Crippen LogP contribution in [0.5, 0.6) is 0 Å². The first-order valence-electron chi connectivity index (χ1n) is 10.8. The number of rotatable bonds is 7. The minimum atomic E-state index is -0.375. The van der Waals surface area contributed by atoms with E-state index in [1.165, 1.54) is 11.8 Å². The number of carbonyl (C=O) groups is 2. The second-order valence-corrected chi connectivity index (χ2v) is 9.04. The van der Waals surface area contributed by atoms with Crippen LogP contribution < -0.4 is 5.32 Å². The van der Waals surface area contributed by atoms with Gasteiger partial charge in [0.25, 0.3) is 5.91 Å². The number of nitriles is 1. The number of ketones is 1. The van der Waals surface area contributed by atoms with Crippen LogP contribution in [0.4, 0.5) is 5.69 Å². The van der Waals surface area contributed by atoms with E-state index >= 15 is 0 Å². The summed E-state index contributed by atoms with van der Waals surface area (Å²) in [4.78, 5) is 30.6. The fourth-order valence-electron chi connectivity index (χ4n) is 3.62. The Kier molecular flexibility index (Phi) is 7.61. The molecule has 172 valence electrons. The van der Waals surface area contributed by atoms with Crippen molar-refractivity contribution in [2.75, 3.05) is 11.1 Å². The molecule has 0 radical (unpaired) electrons. The lowest BCUT2D eigenvalue weighted by Gasteiger charge is -2.17. The number of thioether (sulfide) groups is 1. The number of nitrogens with zero attached hydrogens (tertiary/aromatic N) is 2. The number of amides is 1. The second-order valence-electron chi connectivity index (χ2n) is 7.64. The standard InChI is InChI=1S/C28H20ClN3O2S/c1-18-25(27(34)32-22-10-6-3-7-11-22)26(20-12-14-21(29)15-13-20)23(16-30)28(31-18)35-17-24(33)19-8-4-2-5-9-19/h2-15H,17H2,1H3,(H,32,34). The lowest BCUT2D eigenvalue weighted by molar-refractivity contribution is 0.101. The van der Waals surface area contributed by atoms with Gasteiger partial charge in [-0.05, 0) is 36.8 Å². The monoisotopic (exact) mass is 497 g/mol. The Bertz CT molecular complexity index is 1420. The van der Waals surface area contributed by atoms with Gasteiger partial charge in [-0.1, -0.05) is 84.0 Å². The maximum absolute atomic E-state index is 13.4. The molecule has 1 heterocycles. The van der Waals surface area contributed by atoms with Gasteiger partial charge in [0.05, 0.1) is 22.6 Å². The molecule has 0 saturated carbocycles. The van der Waals surface area contributed by atoms with Gasteiger partial charge in [0.15, 0.2) is 5.78 Å². The molecule has 0 fully saturated rings. The first-order chi connectivity index (χ1) is 17.0. The third-order valence-electron chi connectivity index (χ3n) is 5.28. The summed E-state index contributed by atoms with van der Waals surface area (Å²) in [5.74, 6) is -0.335. The molecule has 0 aliphatic heterocycles. The molecule has 3 aromatic carbocycles. The molecule has 1 aromatic heterocycles. The number of halogens is 1. The Hall–Kier alpha value is -3.92. The van der Waals surface area contributed by atoms with E-state index in [-0.39, 0.29) is 23.0 Å². The predicted molar refractivity (Wildman–Crippen MR) is 140 cm³/mol. The van der Waals surface area contributed by atoms with Crippen LogP contribution in [0, 0.1) is 18.3 Å². The molecule has 4 rings (SSSR count). The van der Waals surface area contributed by atoms with E-state index in [1.807, 2.05) is 24.3 Å². The van der Waals surface area contributed by atoms with Gasteiger partial charge in [-0.25, -0.2) is 4.98 Å². The molecule has 1 amide bonds. The molecule has 0 atom stereocenters. The zero-order valence-electron chi connectivity index (χ0n) is 18.8. The molecule has 0 spiro atoms. The molecule has 0 aliphatic carbocycles. The molecule has 0 saturated heterocycles.